The first-order valence-electron chi connectivity index (χ1n) is 6.93. The second-order valence-electron chi connectivity index (χ2n) is 4.68. The molecule has 0 aliphatic rings. The smallest absolute Gasteiger partial charge is 0.330 e. The summed E-state index contributed by atoms with van der Waals surface area (Å²) in [7, 11) is 2.92. The van der Waals surface area contributed by atoms with Gasteiger partial charge in [0.15, 0.2) is 11.5 Å². The minimum Gasteiger partial charge on any atom is -0.493 e. The van der Waals surface area contributed by atoms with Crippen LogP contribution in [0.15, 0.2) is 53.0 Å². The number of methoxy groups -OCH3 is 2. The Labute approximate surface area is 143 Å². The van der Waals surface area contributed by atoms with E-state index in [0.717, 1.165) is 15.6 Å². The van der Waals surface area contributed by atoms with E-state index in [0.29, 0.717) is 18.1 Å². The number of rotatable bonds is 6. The highest BCUT2D eigenvalue weighted by atomic mass is 79.9. The van der Waals surface area contributed by atoms with Crippen molar-refractivity contribution in [2.24, 2.45) is 0 Å². The first-order chi connectivity index (χ1) is 11.1. The third-order valence-corrected chi connectivity index (χ3v) is 3.64. The van der Waals surface area contributed by atoms with E-state index in [1.165, 1.54) is 13.2 Å². The first kappa shape index (κ1) is 17.1. The number of ether oxygens (including phenoxy) is 3. The fourth-order valence-corrected chi connectivity index (χ4v) is 2.15. The molecule has 5 heteroatoms. The second-order valence-corrected chi connectivity index (χ2v) is 5.60. The molecule has 2 aromatic rings. The molecular formula is C18H17BrO4. The highest BCUT2D eigenvalue weighted by Crippen LogP contribution is 2.29. The lowest BCUT2D eigenvalue weighted by Crippen LogP contribution is -1.98. The highest BCUT2D eigenvalue weighted by molar-refractivity contribution is 9.10. The van der Waals surface area contributed by atoms with E-state index < -0.39 is 5.97 Å². The van der Waals surface area contributed by atoms with Crippen molar-refractivity contribution in [2.75, 3.05) is 14.2 Å². The molecule has 0 fully saturated rings. The molecule has 2 rings (SSSR count). The van der Waals surface area contributed by atoms with E-state index >= 15 is 0 Å². The number of esters is 1. The Morgan fingerprint density at radius 2 is 1.83 bits per heavy atom. The zero-order valence-corrected chi connectivity index (χ0v) is 14.5. The van der Waals surface area contributed by atoms with Crippen molar-refractivity contribution in [3.8, 4) is 11.5 Å². The lowest BCUT2D eigenvalue weighted by molar-refractivity contribution is -0.134. The minimum atomic E-state index is -0.403. The van der Waals surface area contributed by atoms with Crippen LogP contribution in [0, 0.1) is 0 Å². The van der Waals surface area contributed by atoms with Crippen LogP contribution in [-0.4, -0.2) is 20.2 Å². The maximum atomic E-state index is 11.1. The van der Waals surface area contributed by atoms with Crippen molar-refractivity contribution in [1.82, 2.24) is 0 Å². The van der Waals surface area contributed by atoms with Crippen molar-refractivity contribution >= 4 is 28.0 Å². The predicted molar refractivity (Wildman–Crippen MR) is 92.5 cm³/mol. The van der Waals surface area contributed by atoms with E-state index in [-0.39, 0.29) is 0 Å². The highest BCUT2D eigenvalue weighted by Gasteiger charge is 2.06. The molecule has 0 spiro atoms. The van der Waals surface area contributed by atoms with E-state index in [1.54, 1.807) is 19.3 Å². The molecule has 120 valence electrons. The van der Waals surface area contributed by atoms with Gasteiger partial charge in [-0.1, -0.05) is 34.1 Å². The summed E-state index contributed by atoms with van der Waals surface area (Å²) in [5.74, 6) is 0.847. The summed E-state index contributed by atoms with van der Waals surface area (Å²) in [6.45, 7) is 0.445. The van der Waals surface area contributed by atoms with Crippen LogP contribution >= 0.6 is 15.9 Å². The Bertz CT molecular complexity index is 693. The van der Waals surface area contributed by atoms with Gasteiger partial charge in [0.2, 0.25) is 0 Å². The lowest BCUT2D eigenvalue weighted by Gasteiger charge is -2.11. The third-order valence-electron chi connectivity index (χ3n) is 3.11. The van der Waals surface area contributed by atoms with Gasteiger partial charge in [-0.25, -0.2) is 4.79 Å². The summed E-state index contributed by atoms with van der Waals surface area (Å²) < 4.78 is 16.7. The molecule has 2 aromatic carbocycles. The van der Waals surface area contributed by atoms with Crippen LogP contribution < -0.4 is 9.47 Å². The molecule has 0 amide bonds. The van der Waals surface area contributed by atoms with Crippen molar-refractivity contribution in [3.63, 3.8) is 0 Å². The maximum Gasteiger partial charge on any atom is 0.330 e. The van der Waals surface area contributed by atoms with E-state index in [1.807, 2.05) is 36.4 Å². The molecule has 0 unspecified atom stereocenters. The summed E-state index contributed by atoms with van der Waals surface area (Å²) in [6.07, 6.45) is 3.02. The van der Waals surface area contributed by atoms with Gasteiger partial charge in [0.05, 0.1) is 14.2 Å². The summed E-state index contributed by atoms with van der Waals surface area (Å²) >= 11 is 3.40. The normalized spacial score (nSPS) is 10.6. The van der Waals surface area contributed by atoms with Crippen LogP contribution in [0.2, 0.25) is 0 Å². The van der Waals surface area contributed by atoms with Gasteiger partial charge < -0.3 is 14.2 Å². The van der Waals surface area contributed by atoms with Crippen molar-refractivity contribution in [3.05, 3.63) is 64.1 Å². The van der Waals surface area contributed by atoms with Gasteiger partial charge in [-0.15, -0.1) is 0 Å². The molecule has 0 aromatic heterocycles. The molecule has 0 N–H and O–H groups in total. The van der Waals surface area contributed by atoms with E-state index in [4.69, 9.17) is 9.47 Å². The molecule has 0 heterocycles. The summed E-state index contributed by atoms with van der Waals surface area (Å²) in [6, 6.07) is 13.4. The fraction of sp³-hybridized carbons (Fsp3) is 0.167. The van der Waals surface area contributed by atoms with Crippen LogP contribution in [0.5, 0.6) is 11.5 Å². The first-order valence-corrected chi connectivity index (χ1v) is 7.73. The van der Waals surface area contributed by atoms with Crippen LogP contribution in [0.25, 0.3) is 6.08 Å². The average Bonchev–Trinajstić information content (AvgIpc) is 2.59. The summed E-state index contributed by atoms with van der Waals surface area (Å²) in [5, 5.41) is 0. The van der Waals surface area contributed by atoms with Crippen LogP contribution in [0.1, 0.15) is 11.1 Å². The predicted octanol–water partition coefficient (Wildman–Crippen LogP) is 4.22. The minimum absolute atomic E-state index is 0.403. The number of carbonyl (C=O) groups excluding carboxylic acids is 1. The summed E-state index contributed by atoms with van der Waals surface area (Å²) in [4.78, 5) is 11.1. The zero-order valence-electron chi connectivity index (χ0n) is 12.9. The van der Waals surface area contributed by atoms with E-state index in [2.05, 4.69) is 20.7 Å². The monoisotopic (exact) mass is 376 g/mol. The van der Waals surface area contributed by atoms with Gasteiger partial charge in [-0.3, -0.25) is 0 Å². The Kier molecular flexibility index (Phi) is 6.23. The molecular weight excluding hydrogens is 360 g/mol. The molecule has 0 atom stereocenters. The molecule has 0 aliphatic carbocycles. The Morgan fingerprint density at radius 3 is 2.48 bits per heavy atom. The molecule has 0 bridgehead atoms. The van der Waals surface area contributed by atoms with Gasteiger partial charge in [0.1, 0.15) is 6.61 Å². The number of carbonyl (C=O) groups is 1. The van der Waals surface area contributed by atoms with Crippen LogP contribution in [-0.2, 0) is 16.1 Å². The number of hydrogen-bond donors (Lipinski definition) is 0. The zero-order chi connectivity index (χ0) is 16.7. The topological polar surface area (TPSA) is 44.8 Å². The number of halogens is 1. The summed E-state index contributed by atoms with van der Waals surface area (Å²) in [5.41, 5.74) is 1.88. The van der Waals surface area contributed by atoms with Crippen molar-refractivity contribution < 1.29 is 19.0 Å². The molecule has 0 saturated heterocycles. The SMILES string of the molecule is COC(=O)/C=C/c1ccc(OCc2ccc(Br)cc2)c(OC)c1. The quantitative estimate of drug-likeness (QED) is 0.559. The third kappa shape index (κ3) is 5.14. The van der Waals surface area contributed by atoms with E-state index in [9.17, 15) is 4.79 Å². The van der Waals surface area contributed by atoms with Gasteiger partial charge in [-0.2, -0.15) is 0 Å². The molecule has 23 heavy (non-hydrogen) atoms. The lowest BCUT2D eigenvalue weighted by atomic mass is 10.2. The molecule has 0 radical (unpaired) electrons. The Morgan fingerprint density at radius 1 is 1.09 bits per heavy atom. The van der Waals surface area contributed by atoms with Gasteiger partial charge in [-0.05, 0) is 41.5 Å². The number of hydrogen-bond acceptors (Lipinski definition) is 4. The van der Waals surface area contributed by atoms with Crippen LogP contribution in [0.4, 0.5) is 0 Å². The van der Waals surface area contributed by atoms with Crippen molar-refractivity contribution in [1.29, 1.82) is 0 Å². The number of benzene rings is 2. The molecule has 0 aliphatic heterocycles. The molecule has 0 saturated carbocycles. The van der Waals surface area contributed by atoms with Gasteiger partial charge in [0, 0.05) is 10.5 Å². The van der Waals surface area contributed by atoms with Crippen molar-refractivity contribution in [2.45, 2.75) is 6.61 Å². The Balaban J connectivity index is 2.08. The molecule has 4 nitrogen and oxygen atoms in total. The van der Waals surface area contributed by atoms with Gasteiger partial charge >= 0.3 is 5.97 Å². The second kappa shape index (κ2) is 8.39. The largest absolute Gasteiger partial charge is 0.493 e. The maximum absolute atomic E-state index is 11.1. The van der Waals surface area contributed by atoms with Crippen LogP contribution in [0.3, 0.4) is 0 Å². The Hall–Kier alpha value is -2.27. The van der Waals surface area contributed by atoms with Gasteiger partial charge in [0.25, 0.3) is 0 Å². The average molecular weight is 377 g/mol. The standard InChI is InChI=1S/C18H17BrO4/c1-21-17-11-13(6-10-18(20)22-2)5-9-16(17)23-12-14-3-7-15(19)8-4-14/h3-11H,12H2,1-2H3/b10-6+. The fourth-order valence-electron chi connectivity index (χ4n) is 1.88.